The van der Waals surface area contributed by atoms with Crippen LogP contribution in [0.5, 0.6) is 0 Å². The number of rotatable bonds is 5. The molecule has 1 aliphatic rings. The van der Waals surface area contributed by atoms with E-state index in [1.807, 2.05) is 0 Å². The van der Waals surface area contributed by atoms with Gasteiger partial charge in [-0.15, -0.1) is 0 Å². The second kappa shape index (κ2) is 5.09. The van der Waals surface area contributed by atoms with Gasteiger partial charge in [-0.1, -0.05) is 0 Å². The molecule has 2 rings (SSSR count). The van der Waals surface area contributed by atoms with E-state index in [4.69, 9.17) is 0 Å². The second-order valence-corrected chi connectivity index (χ2v) is 7.43. The highest BCUT2D eigenvalue weighted by Gasteiger charge is 2.39. The maximum atomic E-state index is 11.7. The minimum Gasteiger partial charge on any atom is -0.367 e. The Hall–Kier alpha value is -1.14. The first kappa shape index (κ1) is 14.3. The van der Waals surface area contributed by atoms with Gasteiger partial charge in [0.25, 0.3) is 0 Å². The third-order valence-corrected chi connectivity index (χ3v) is 5.12. The lowest BCUT2D eigenvalue weighted by atomic mass is 9.75. The molecule has 0 spiro atoms. The summed E-state index contributed by atoms with van der Waals surface area (Å²) in [6.07, 6.45) is 6.31. The first-order valence-corrected chi connectivity index (χ1v) is 8.31. The molecular weight excluding hydrogens is 262 g/mol. The van der Waals surface area contributed by atoms with Gasteiger partial charge in [-0.05, 0) is 45.5 Å². The third kappa shape index (κ3) is 2.90. The van der Waals surface area contributed by atoms with Gasteiger partial charge in [-0.2, -0.15) is 0 Å². The molecule has 0 bridgehead atoms. The van der Waals surface area contributed by atoms with E-state index in [1.54, 1.807) is 18.3 Å². The van der Waals surface area contributed by atoms with Crippen LogP contribution in [-0.2, 0) is 9.84 Å². The van der Waals surface area contributed by atoms with Crippen molar-refractivity contribution >= 4 is 15.7 Å². The van der Waals surface area contributed by atoms with E-state index in [9.17, 15) is 8.42 Å². The highest BCUT2D eigenvalue weighted by Crippen LogP contribution is 2.36. The van der Waals surface area contributed by atoms with Crippen molar-refractivity contribution in [2.24, 2.45) is 0 Å². The molecular formula is C13H21N3O2S. The Balaban J connectivity index is 2.17. The van der Waals surface area contributed by atoms with E-state index in [-0.39, 0.29) is 10.4 Å². The summed E-state index contributed by atoms with van der Waals surface area (Å²) in [6, 6.07) is 3.24. The Labute approximate surface area is 114 Å². The highest BCUT2D eigenvalue weighted by molar-refractivity contribution is 7.90. The number of likely N-dealkylation sites (N-methyl/N-ethyl adjacent to an activating group) is 1. The molecule has 6 heteroatoms. The lowest BCUT2D eigenvalue weighted by Crippen LogP contribution is -2.54. The molecule has 1 aliphatic carbocycles. The molecule has 0 aliphatic heterocycles. The molecule has 1 aromatic rings. The Bertz CT molecular complexity index is 551. The minimum atomic E-state index is -3.25. The summed E-state index contributed by atoms with van der Waals surface area (Å²) in [5, 5.41) is 3.21. The molecule has 106 valence electrons. The lowest BCUT2D eigenvalue weighted by molar-refractivity contribution is 0.0738. The Morgan fingerprint density at radius 1 is 1.42 bits per heavy atom. The quantitative estimate of drug-likeness (QED) is 0.884. The summed E-state index contributed by atoms with van der Waals surface area (Å²) in [5.41, 5.74) is 0.131. The van der Waals surface area contributed by atoms with Crippen molar-refractivity contribution in [1.29, 1.82) is 0 Å². The first-order chi connectivity index (χ1) is 8.85. The number of hydrogen-bond acceptors (Lipinski definition) is 5. The molecule has 1 heterocycles. The topological polar surface area (TPSA) is 62.3 Å². The molecule has 1 N–H and O–H groups in total. The smallest absolute Gasteiger partial charge is 0.179 e. The normalized spacial score (nSPS) is 18.1. The van der Waals surface area contributed by atoms with Gasteiger partial charge in [0.2, 0.25) is 0 Å². The van der Waals surface area contributed by atoms with Crippen molar-refractivity contribution in [3.63, 3.8) is 0 Å². The van der Waals surface area contributed by atoms with Crippen molar-refractivity contribution in [1.82, 2.24) is 9.88 Å². The van der Waals surface area contributed by atoms with E-state index in [2.05, 4.69) is 29.3 Å². The summed E-state index contributed by atoms with van der Waals surface area (Å²) in [5.74, 6) is 0.457. The summed E-state index contributed by atoms with van der Waals surface area (Å²) >= 11 is 0. The average molecular weight is 283 g/mol. The van der Waals surface area contributed by atoms with E-state index < -0.39 is 9.84 Å². The van der Waals surface area contributed by atoms with E-state index in [0.29, 0.717) is 5.82 Å². The number of pyridine rings is 1. The standard InChI is InChI=1S/C13H21N3O2S/c1-16(2)13(7-5-8-13)10-15-12-11(19(3,17)18)6-4-9-14-12/h4,6,9H,5,7-8,10H2,1-3H3,(H,14,15). The van der Waals surface area contributed by atoms with Crippen molar-refractivity contribution in [2.45, 2.75) is 29.7 Å². The lowest BCUT2D eigenvalue weighted by Gasteiger charge is -2.47. The van der Waals surface area contributed by atoms with Gasteiger partial charge in [-0.25, -0.2) is 13.4 Å². The molecule has 1 saturated carbocycles. The van der Waals surface area contributed by atoms with Crippen LogP contribution in [0.15, 0.2) is 23.2 Å². The average Bonchev–Trinajstić information content (AvgIpc) is 2.26. The monoisotopic (exact) mass is 283 g/mol. The fourth-order valence-electron chi connectivity index (χ4n) is 2.44. The fourth-order valence-corrected chi connectivity index (χ4v) is 3.24. The zero-order valence-corrected chi connectivity index (χ0v) is 12.5. The highest BCUT2D eigenvalue weighted by atomic mass is 32.2. The molecule has 0 unspecified atom stereocenters. The maximum Gasteiger partial charge on any atom is 0.179 e. The molecule has 5 nitrogen and oxygen atoms in total. The van der Waals surface area contributed by atoms with Crippen LogP contribution in [0, 0.1) is 0 Å². The van der Waals surface area contributed by atoms with Gasteiger partial charge in [0, 0.05) is 24.5 Å². The molecule has 0 aromatic carbocycles. The number of anilines is 1. The van der Waals surface area contributed by atoms with Crippen LogP contribution in [0.4, 0.5) is 5.82 Å². The molecule has 0 amide bonds. The molecule has 19 heavy (non-hydrogen) atoms. The molecule has 1 fully saturated rings. The predicted molar refractivity (Wildman–Crippen MR) is 76.1 cm³/mol. The van der Waals surface area contributed by atoms with Gasteiger partial charge < -0.3 is 10.2 Å². The van der Waals surface area contributed by atoms with Crippen LogP contribution in [-0.4, -0.2) is 50.7 Å². The molecule has 0 atom stereocenters. The van der Waals surface area contributed by atoms with Crippen molar-refractivity contribution in [3.8, 4) is 0 Å². The van der Waals surface area contributed by atoms with E-state index in [1.165, 1.54) is 12.7 Å². The Morgan fingerprint density at radius 3 is 2.58 bits per heavy atom. The van der Waals surface area contributed by atoms with Gasteiger partial charge in [0.1, 0.15) is 10.7 Å². The SMILES string of the molecule is CN(C)C1(CNc2ncccc2S(C)(=O)=O)CCC1. The molecule has 0 saturated heterocycles. The summed E-state index contributed by atoms with van der Waals surface area (Å²) in [7, 11) is 0.884. The largest absolute Gasteiger partial charge is 0.367 e. The van der Waals surface area contributed by atoms with Gasteiger partial charge in [0.05, 0.1) is 0 Å². The fraction of sp³-hybridized carbons (Fsp3) is 0.615. The number of sulfone groups is 1. The number of hydrogen-bond donors (Lipinski definition) is 1. The summed E-state index contributed by atoms with van der Waals surface area (Å²) < 4.78 is 23.4. The molecule has 1 aromatic heterocycles. The zero-order chi connectivity index (χ0) is 14.1. The van der Waals surface area contributed by atoms with Crippen molar-refractivity contribution in [2.75, 3.05) is 32.2 Å². The van der Waals surface area contributed by atoms with Crippen LogP contribution in [0.3, 0.4) is 0 Å². The van der Waals surface area contributed by atoms with Gasteiger partial charge in [0.15, 0.2) is 9.84 Å². The van der Waals surface area contributed by atoms with Gasteiger partial charge >= 0.3 is 0 Å². The predicted octanol–water partition coefficient (Wildman–Crippen LogP) is 1.38. The first-order valence-electron chi connectivity index (χ1n) is 6.42. The summed E-state index contributed by atoms with van der Waals surface area (Å²) in [4.78, 5) is 6.64. The van der Waals surface area contributed by atoms with Crippen LogP contribution < -0.4 is 5.32 Å². The Morgan fingerprint density at radius 2 is 2.11 bits per heavy atom. The van der Waals surface area contributed by atoms with Crippen LogP contribution in [0.2, 0.25) is 0 Å². The van der Waals surface area contributed by atoms with Gasteiger partial charge in [-0.3, -0.25) is 0 Å². The maximum absolute atomic E-state index is 11.7. The number of nitrogens with one attached hydrogen (secondary N) is 1. The van der Waals surface area contributed by atoms with E-state index >= 15 is 0 Å². The number of nitrogens with zero attached hydrogens (tertiary/aromatic N) is 2. The van der Waals surface area contributed by atoms with Crippen LogP contribution in [0.1, 0.15) is 19.3 Å². The van der Waals surface area contributed by atoms with Crippen molar-refractivity contribution in [3.05, 3.63) is 18.3 Å². The molecule has 0 radical (unpaired) electrons. The Kier molecular flexibility index (Phi) is 3.82. The second-order valence-electron chi connectivity index (χ2n) is 5.45. The summed E-state index contributed by atoms with van der Waals surface area (Å²) in [6.45, 7) is 0.722. The number of aromatic nitrogens is 1. The minimum absolute atomic E-state index is 0.131. The van der Waals surface area contributed by atoms with Crippen LogP contribution in [0.25, 0.3) is 0 Å². The third-order valence-electron chi connectivity index (χ3n) is 3.99. The van der Waals surface area contributed by atoms with E-state index in [0.717, 1.165) is 19.4 Å². The zero-order valence-electron chi connectivity index (χ0n) is 11.7. The van der Waals surface area contributed by atoms with Crippen LogP contribution >= 0.6 is 0 Å². The van der Waals surface area contributed by atoms with Crippen molar-refractivity contribution < 1.29 is 8.42 Å².